The highest BCUT2D eigenvalue weighted by molar-refractivity contribution is 5.75. The Balaban J connectivity index is 1.60. The molecule has 3 aromatic heterocycles. The molecule has 1 saturated heterocycles. The van der Waals surface area contributed by atoms with E-state index in [2.05, 4.69) is 33.7 Å². The zero-order chi connectivity index (χ0) is 19.7. The molecule has 0 spiro atoms. The highest BCUT2D eigenvalue weighted by atomic mass is 16.3. The molecule has 8 heteroatoms. The number of hydrogen-bond acceptors (Lipinski definition) is 7. The lowest BCUT2D eigenvalue weighted by Gasteiger charge is -2.29. The van der Waals surface area contributed by atoms with E-state index in [0.717, 1.165) is 48.4 Å². The van der Waals surface area contributed by atoms with E-state index >= 15 is 0 Å². The lowest BCUT2D eigenvalue weighted by molar-refractivity contribution is 0.145. The number of aliphatic hydroxyl groups is 2. The van der Waals surface area contributed by atoms with Gasteiger partial charge in [0, 0.05) is 37.4 Å². The number of aliphatic hydroxyl groups excluding tert-OH is 2. The third-order valence-electron chi connectivity index (χ3n) is 5.17. The second-order valence-electron chi connectivity index (χ2n) is 7.56. The van der Waals surface area contributed by atoms with Crippen molar-refractivity contribution >= 4 is 17.0 Å². The maximum absolute atomic E-state index is 9.69. The molecule has 0 bridgehead atoms. The van der Waals surface area contributed by atoms with Crippen molar-refractivity contribution in [1.82, 2.24) is 24.5 Å². The minimum atomic E-state index is -0.218. The molecule has 1 aliphatic rings. The van der Waals surface area contributed by atoms with Gasteiger partial charge in [-0.05, 0) is 38.8 Å². The van der Waals surface area contributed by atoms with Gasteiger partial charge in [-0.2, -0.15) is 0 Å². The molecule has 2 N–H and O–H groups in total. The predicted molar refractivity (Wildman–Crippen MR) is 106 cm³/mol. The molecule has 0 radical (unpaired) electrons. The number of imidazole rings is 1. The molecular weight excluding hydrogens is 356 g/mol. The van der Waals surface area contributed by atoms with Crippen LogP contribution in [0.5, 0.6) is 0 Å². The molecule has 8 nitrogen and oxygen atoms in total. The third-order valence-corrected chi connectivity index (χ3v) is 5.17. The standard InChI is InChI=1S/C20H26N6O2/c1-13(2)26-18-10-15(22-11-17(18)24-19(26)12-27)9-14-3-6-21-20(23-14)25-7-4-16(28)5-8-25/h3,6,10-11,13,16,27-28H,4-5,7-9,12H2,1-2H3. The van der Waals surface area contributed by atoms with Crippen LogP contribution in [-0.4, -0.2) is 53.9 Å². The van der Waals surface area contributed by atoms with Crippen molar-refractivity contribution in [2.24, 2.45) is 0 Å². The Labute approximate surface area is 163 Å². The van der Waals surface area contributed by atoms with E-state index < -0.39 is 0 Å². The fourth-order valence-corrected chi connectivity index (χ4v) is 3.76. The summed E-state index contributed by atoms with van der Waals surface area (Å²) in [5.74, 6) is 1.36. The number of rotatable bonds is 5. The summed E-state index contributed by atoms with van der Waals surface area (Å²) in [6.07, 6.45) is 5.42. The fraction of sp³-hybridized carbons (Fsp3) is 0.500. The van der Waals surface area contributed by atoms with Gasteiger partial charge in [0.05, 0.1) is 23.5 Å². The van der Waals surface area contributed by atoms with Crippen LogP contribution < -0.4 is 4.90 Å². The molecule has 0 amide bonds. The Morgan fingerprint density at radius 1 is 1.14 bits per heavy atom. The SMILES string of the molecule is CC(C)n1c(CO)nc2cnc(Cc3ccnc(N4CCC(O)CC4)n3)cc21. The highest BCUT2D eigenvalue weighted by Crippen LogP contribution is 2.22. The lowest BCUT2D eigenvalue weighted by atomic mass is 10.1. The van der Waals surface area contributed by atoms with Crippen LogP contribution in [0.25, 0.3) is 11.0 Å². The summed E-state index contributed by atoms with van der Waals surface area (Å²) in [6, 6.07) is 4.13. The average Bonchev–Trinajstić information content (AvgIpc) is 3.07. The molecule has 0 saturated carbocycles. The van der Waals surface area contributed by atoms with Gasteiger partial charge in [-0.3, -0.25) is 4.98 Å². The summed E-state index contributed by atoms with van der Waals surface area (Å²) in [7, 11) is 0. The van der Waals surface area contributed by atoms with E-state index in [4.69, 9.17) is 4.98 Å². The summed E-state index contributed by atoms with van der Waals surface area (Å²) in [6.45, 7) is 5.60. The summed E-state index contributed by atoms with van der Waals surface area (Å²) in [5, 5.41) is 19.3. The maximum Gasteiger partial charge on any atom is 0.225 e. The van der Waals surface area contributed by atoms with E-state index in [1.807, 2.05) is 16.7 Å². The molecule has 0 aliphatic carbocycles. The highest BCUT2D eigenvalue weighted by Gasteiger charge is 2.19. The second-order valence-corrected chi connectivity index (χ2v) is 7.56. The first-order valence-corrected chi connectivity index (χ1v) is 9.76. The zero-order valence-corrected chi connectivity index (χ0v) is 16.3. The van der Waals surface area contributed by atoms with Gasteiger partial charge >= 0.3 is 0 Å². The van der Waals surface area contributed by atoms with E-state index in [1.54, 1.807) is 12.4 Å². The summed E-state index contributed by atoms with van der Waals surface area (Å²) in [4.78, 5) is 20.2. The first kappa shape index (κ1) is 18.8. The van der Waals surface area contributed by atoms with E-state index in [0.29, 0.717) is 18.2 Å². The van der Waals surface area contributed by atoms with Crippen molar-refractivity contribution in [3.05, 3.63) is 41.7 Å². The van der Waals surface area contributed by atoms with Gasteiger partial charge < -0.3 is 19.7 Å². The van der Waals surface area contributed by atoms with Gasteiger partial charge in [-0.15, -0.1) is 0 Å². The number of piperidine rings is 1. The normalized spacial score (nSPS) is 15.7. The molecule has 28 heavy (non-hydrogen) atoms. The van der Waals surface area contributed by atoms with E-state index in [-0.39, 0.29) is 18.8 Å². The van der Waals surface area contributed by atoms with Gasteiger partial charge in [0.25, 0.3) is 0 Å². The van der Waals surface area contributed by atoms with Gasteiger partial charge in [0.15, 0.2) is 0 Å². The van der Waals surface area contributed by atoms with Crippen LogP contribution in [0.15, 0.2) is 24.5 Å². The number of anilines is 1. The Hall–Kier alpha value is -2.58. The predicted octanol–water partition coefficient (Wildman–Crippen LogP) is 1.85. The van der Waals surface area contributed by atoms with Gasteiger partial charge in [-0.25, -0.2) is 15.0 Å². The molecule has 1 aliphatic heterocycles. The van der Waals surface area contributed by atoms with Gasteiger partial charge in [-0.1, -0.05) is 0 Å². The number of fused-ring (bicyclic) bond motifs is 1. The van der Waals surface area contributed by atoms with Crippen LogP contribution >= 0.6 is 0 Å². The zero-order valence-electron chi connectivity index (χ0n) is 16.3. The van der Waals surface area contributed by atoms with E-state index in [9.17, 15) is 10.2 Å². The molecule has 4 heterocycles. The topological polar surface area (TPSA) is 100 Å². The van der Waals surface area contributed by atoms with Crippen molar-refractivity contribution in [3.8, 4) is 0 Å². The second kappa shape index (κ2) is 7.81. The van der Waals surface area contributed by atoms with Crippen LogP contribution in [-0.2, 0) is 13.0 Å². The number of nitrogens with zero attached hydrogens (tertiary/aromatic N) is 6. The Kier molecular flexibility index (Phi) is 5.23. The molecule has 4 rings (SSSR count). The van der Waals surface area contributed by atoms with Gasteiger partial charge in [0.1, 0.15) is 17.9 Å². The number of hydrogen-bond donors (Lipinski definition) is 2. The Bertz CT molecular complexity index is 962. The van der Waals surface area contributed by atoms with Crippen LogP contribution in [0.1, 0.15) is 49.9 Å². The molecule has 0 aromatic carbocycles. The molecule has 1 fully saturated rings. The average molecular weight is 382 g/mol. The van der Waals surface area contributed by atoms with Crippen LogP contribution in [0.3, 0.4) is 0 Å². The van der Waals surface area contributed by atoms with Crippen LogP contribution in [0.2, 0.25) is 0 Å². The Morgan fingerprint density at radius 3 is 2.64 bits per heavy atom. The first-order valence-electron chi connectivity index (χ1n) is 9.76. The largest absolute Gasteiger partial charge is 0.393 e. The number of pyridine rings is 1. The van der Waals surface area contributed by atoms with Crippen molar-refractivity contribution < 1.29 is 10.2 Å². The minimum Gasteiger partial charge on any atom is -0.393 e. The van der Waals surface area contributed by atoms with Crippen molar-refractivity contribution in [2.75, 3.05) is 18.0 Å². The Morgan fingerprint density at radius 2 is 1.93 bits per heavy atom. The summed E-state index contributed by atoms with van der Waals surface area (Å²) >= 11 is 0. The molecule has 0 atom stereocenters. The minimum absolute atomic E-state index is 0.0952. The van der Waals surface area contributed by atoms with Crippen LogP contribution in [0.4, 0.5) is 5.95 Å². The summed E-state index contributed by atoms with van der Waals surface area (Å²) < 4.78 is 2.05. The summed E-state index contributed by atoms with van der Waals surface area (Å²) in [5.41, 5.74) is 3.57. The van der Waals surface area contributed by atoms with E-state index in [1.165, 1.54) is 0 Å². The van der Waals surface area contributed by atoms with Crippen molar-refractivity contribution in [2.45, 2.75) is 51.9 Å². The lowest BCUT2D eigenvalue weighted by Crippen LogP contribution is -2.36. The first-order chi connectivity index (χ1) is 13.5. The molecule has 0 unspecified atom stereocenters. The molecule has 148 valence electrons. The monoisotopic (exact) mass is 382 g/mol. The quantitative estimate of drug-likeness (QED) is 0.694. The number of aromatic nitrogens is 5. The molecule has 3 aromatic rings. The van der Waals surface area contributed by atoms with Crippen molar-refractivity contribution in [1.29, 1.82) is 0 Å². The fourth-order valence-electron chi connectivity index (χ4n) is 3.76. The maximum atomic E-state index is 9.69. The molecular formula is C20H26N6O2. The smallest absolute Gasteiger partial charge is 0.225 e. The van der Waals surface area contributed by atoms with Crippen molar-refractivity contribution in [3.63, 3.8) is 0 Å². The van der Waals surface area contributed by atoms with Crippen LogP contribution in [0, 0.1) is 0 Å². The van der Waals surface area contributed by atoms with Gasteiger partial charge in [0.2, 0.25) is 5.95 Å². The third kappa shape index (κ3) is 3.70.